The van der Waals surface area contributed by atoms with Crippen LogP contribution in [0.3, 0.4) is 0 Å². The zero-order chi connectivity index (χ0) is 17.5. The Morgan fingerprint density at radius 1 is 0.680 bits per heavy atom. The lowest BCUT2D eigenvalue weighted by Gasteiger charge is -2.08. The molecule has 120 valence electrons. The maximum absolute atomic E-state index is 10.2. The van der Waals surface area contributed by atoms with Crippen LogP contribution in [0.1, 0.15) is 5.56 Å². The number of aliphatic imine (C=N–C) groups is 1. The van der Waals surface area contributed by atoms with E-state index in [0.717, 1.165) is 0 Å². The highest BCUT2D eigenvalue weighted by Crippen LogP contribution is 2.27. The fourth-order valence-electron chi connectivity index (χ4n) is 2.09. The maximum Gasteiger partial charge on any atom is 0.240 e. The fourth-order valence-corrected chi connectivity index (χ4v) is 2.09. The number of hydrogen-bond donors (Lipinski definition) is 0. The van der Waals surface area contributed by atoms with E-state index in [1.807, 2.05) is 0 Å². The Morgan fingerprint density at radius 2 is 1.08 bits per heavy atom. The molecule has 0 heterocycles. The van der Waals surface area contributed by atoms with Gasteiger partial charge in [0.15, 0.2) is 0 Å². The summed E-state index contributed by atoms with van der Waals surface area (Å²) in [7, 11) is 0. The van der Waals surface area contributed by atoms with Crippen molar-refractivity contribution in [2.45, 2.75) is 0 Å². The van der Waals surface area contributed by atoms with Crippen LogP contribution in [-0.4, -0.2) is 6.08 Å². The largest absolute Gasteiger partial charge is 0.457 e. The first kappa shape index (κ1) is 16.0. The van der Waals surface area contributed by atoms with E-state index in [4.69, 9.17) is 14.7 Å². The molecule has 0 saturated carbocycles. The molecule has 0 bridgehead atoms. The zero-order valence-corrected chi connectivity index (χ0v) is 13.0. The minimum Gasteiger partial charge on any atom is -0.457 e. The van der Waals surface area contributed by atoms with Gasteiger partial charge in [-0.25, -0.2) is 4.79 Å². The summed E-state index contributed by atoms with van der Waals surface area (Å²) in [5.74, 6) is 2.59. The van der Waals surface area contributed by atoms with Gasteiger partial charge in [-0.05, 0) is 72.8 Å². The van der Waals surface area contributed by atoms with Crippen LogP contribution in [0, 0.1) is 11.3 Å². The lowest BCUT2D eigenvalue weighted by molar-refractivity contribution is 0.469. The van der Waals surface area contributed by atoms with Crippen molar-refractivity contribution in [2.24, 2.45) is 4.99 Å². The molecular weight excluding hydrogens is 316 g/mol. The quantitative estimate of drug-likeness (QED) is 0.482. The van der Waals surface area contributed by atoms with Crippen molar-refractivity contribution in [1.82, 2.24) is 0 Å². The molecule has 0 fully saturated rings. The first-order valence-corrected chi connectivity index (χ1v) is 7.41. The third-order valence-corrected chi connectivity index (χ3v) is 3.29. The summed E-state index contributed by atoms with van der Waals surface area (Å²) in [6.07, 6.45) is 1.49. The molecule has 3 aromatic carbocycles. The number of ether oxygens (including phenoxy) is 2. The zero-order valence-electron chi connectivity index (χ0n) is 13.0. The van der Waals surface area contributed by atoms with Gasteiger partial charge in [0.2, 0.25) is 6.08 Å². The van der Waals surface area contributed by atoms with Crippen molar-refractivity contribution in [3.63, 3.8) is 0 Å². The molecule has 0 unspecified atom stereocenters. The molecule has 5 heteroatoms. The molecule has 3 rings (SSSR count). The van der Waals surface area contributed by atoms with Crippen molar-refractivity contribution in [3.8, 4) is 29.1 Å². The minimum absolute atomic E-state index is 0.522. The van der Waals surface area contributed by atoms with Gasteiger partial charge in [0.05, 0.1) is 17.3 Å². The molecule has 0 aliphatic heterocycles. The standard InChI is InChI=1S/C20H12N2O3/c21-13-15-1-5-17(6-2-15)24-19-9-11-20(12-10-19)25-18-7-3-16(4-8-18)22-14-23/h1-12H. The summed E-state index contributed by atoms with van der Waals surface area (Å²) in [4.78, 5) is 13.7. The first-order valence-electron chi connectivity index (χ1n) is 7.41. The molecular formula is C20H12N2O3. The number of carbonyl (C=O) groups excluding carboxylic acids is 1. The Kier molecular flexibility index (Phi) is 4.87. The normalized spacial score (nSPS) is 9.56. The predicted molar refractivity (Wildman–Crippen MR) is 92.0 cm³/mol. The second-order valence-electron chi connectivity index (χ2n) is 5.01. The van der Waals surface area contributed by atoms with E-state index in [9.17, 15) is 4.79 Å². The van der Waals surface area contributed by atoms with Gasteiger partial charge in [0.25, 0.3) is 0 Å². The van der Waals surface area contributed by atoms with E-state index in [0.29, 0.717) is 34.2 Å². The summed E-state index contributed by atoms with van der Waals surface area (Å²) in [6, 6.07) is 22.9. The smallest absolute Gasteiger partial charge is 0.240 e. The summed E-state index contributed by atoms with van der Waals surface area (Å²) < 4.78 is 11.4. The van der Waals surface area contributed by atoms with E-state index in [1.54, 1.807) is 72.8 Å². The van der Waals surface area contributed by atoms with Crippen LogP contribution in [0.15, 0.2) is 77.8 Å². The molecule has 0 N–H and O–H groups in total. The number of nitrogens with zero attached hydrogens (tertiary/aromatic N) is 2. The van der Waals surface area contributed by atoms with Gasteiger partial charge in [-0.2, -0.15) is 10.3 Å². The molecule has 0 aromatic heterocycles. The summed E-state index contributed by atoms with van der Waals surface area (Å²) in [5.41, 5.74) is 1.11. The Morgan fingerprint density at radius 3 is 1.48 bits per heavy atom. The van der Waals surface area contributed by atoms with Crippen LogP contribution in [-0.2, 0) is 4.79 Å². The average molecular weight is 328 g/mol. The molecule has 0 aliphatic carbocycles. The number of isocyanates is 1. The van der Waals surface area contributed by atoms with E-state index in [-0.39, 0.29) is 0 Å². The Balaban J connectivity index is 1.65. The molecule has 0 saturated heterocycles. The molecule has 0 atom stereocenters. The molecule has 25 heavy (non-hydrogen) atoms. The molecule has 0 spiro atoms. The van der Waals surface area contributed by atoms with Crippen LogP contribution >= 0.6 is 0 Å². The van der Waals surface area contributed by atoms with Crippen LogP contribution in [0.25, 0.3) is 0 Å². The highest BCUT2D eigenvalue weighted by Gasteiger charge is 2.01. The molecule has 3 aromatic rings. The van der Waals surface area contributed by atoms with Gasteiger partial charge in [0.1, 0.15) is 23.0 Å². The third kappa shape index (κ3) is 4.32. The van der Waals surface area contributed by atoms with Crippen molar-refractivity contribution < 1.29 is 14.3 Å². The monoisotopic (exact) mass is 328 g/mol. The number of benzene rings is 3. The van der Waals surface area contributed by atoms with Crippen molar-refractivity contribution >= 4 is 11.8 Å². The lowest BCUT2D eigenvalue weighted by Crippen LogP contribution is -1.86. The Labute approximate surface area is 144 Å². The number of nitriles is 1. The van der Waals surface area contributed by atoms with Crippen molar-refractivity contribution in [1.29, 1.82) is 5.26 Å². The highest BCUT2D eigenvalue weighted by molar-refractivity contribution is 5.50. The van der Waals surface area contributed by atoms with Crippen molar-refractivity contribution in [3.05, 3.63) is 78.4 Å². The van der Waals surface area contributed by atoms with Gasteiger partial charge in [-0.3, -0.25) is 0 Å². The van der Waals surface area contributed by atoms with Crippen molar-refractivity contribution in [2.75, 3.05) is 0 Å². The molecule has 0 aliphatic rings. The van der Waals surface area contributed by atoms with Gasteiger partial charge >= 0.3 is 0 Å². The lowest BCUT2D eigenvalue weighted by atomic mass is 10.2. The second kappa shape index (κ2) is 7.60. The van der Waals surface area contributed by atoms with Crippen LogP contribution in [0.2, 0.25) is 0 Å². The Hall–Kier alpha value is -3.87. The minimum atomic E-state index is 0.522. The fraction of sp³-hybridized carbons (Fsp3) is 0. The van der Waals surface area contributed by atoms with Gasteiger partial charge in [-0.15, -0.1) is 0 Å². The SMILES string of the molecule is N#Cc1ccc(Oc2ccc(Oc3ccc(N=C=O)cc3)cc2)cc1. The predicted octanol–water partition coefficient (Wildman–Crippen LogP) is 5.11. The first-order chi connectivity index (χ1) is 12.3. The molecule has 5 nitrogen and oxygen atoms in total. The topological polar surface area (TPSA) is 71.7 Å². The van der Waals surface area contributed by atoms with Gasteiger partial charge < -0.3 is 9.47 Å². The summed E-state index contributed by atoms with van der Waals surface area (Å²) >= 11 is 0. The molecule has 0 radical (unpaired) electrons. The summed E-state index contributed by atoms with van der Waals surface area (Å²) in [5, 5.41) is 8.78. The van der Waals surface area contributed by atoms with Gasteiger partial charge in [0, 0.05) is 0 Å². The third-order valence-electron chi connectivity index (χ3n) is 3.29. The Bertz CT molecular complexity index is 934. The van der Waals surface area contributed by atoms with E-state index in [1.165, 1.54) is 6.08 Å². The molecule has 0 amide bonds. The van der Waals surface area contributed by atoms with Crippen LogP contribution in [0.4, 0.5) is 5.69 Å². The van der Waals surface area contributed by atoms with E-state index < -0.39 is 0 Å². The number of hydrogen-bond acceptors (Lipinski definition) is 5. The van der Waals surface area contributed by atoms with Crippen LogP contribution < -0.4 is 9.47 Å². The highest BCUT2D eigenvalue weighted by atomic mass is 16.5. The van der Waals surface area contributed by atoms with Gasteiger partial charge in [-0.1, -0.05) is 0 Å². The van der Waals surface area contributed by atoms with Crippen LogP contribution in [0.5, 0.6) is 23.0 Å². The van der Waals surface area contributed by atoms with E-state index >= 15 is 0 Å². The number of rotatable bonds is 5. The maximum atomic E-state index is 10.2. The average Bonchev–Trinajstić information content (AvgIpc) is 2.66. The second-order valence-corrected chi connectivity index (χ2v) is 5.01. The van der Waals surface area contributed by atoms with E-state index in [2.05, 4.69) is 11.1 Å². The summed E-state index contributed by atoms with van der Waals surface area (Å²) in [6.45, 7) is 0.